The van der Waals surface area contributed by atoms with Crippen molar-refractivity contribution in [2.24, 2.45) is 5.84 Å². The van der Waals surface area contributed by atoms with E-state index in [1.165, 1.54) is 16.3 Å². The lowest BCUT2D eigenvalue weighted by Gasteiger charge is -2.14. The van der Waals surface area contributed by atoms with E-state index in [2.05, 4.69) is 47.7 Å². The van der Waals surface area contributed by atoms with Gasteiger partial charge in [-0.25, -0.2) is 0 Å². The van der Waals surface area contributed by atoms with Gasteiger partial charge in [-0.2, -0.15) is 0 Å². The monoisotopic (exact) mass is 224 g/mol. The predicted molar refractivity (Wildman–Crippen MR) is 72.2 cm³/mol. The van der Waals surface area contributed by atoms with Crippen molar-refractivity contribution in [2.75, 3.05) is 0 Å². The number of hydrazine groups is 1. The van der Waals surface area contributed by atoms with E-state index >= 15 is 0 Å². The second-order valence-electron chi connectivity index (χ2n) is 4.11. The van der Waals surface area contributed by atoms with Gasteiger partial charge in [0.2, 0.25) is 0 Å². The largest absolute Gasteiger partial charge is 0.271 e. The standard InChI is InChI=1S/C15H16N2/c1-2-6-14(17-16)11-13-9-5-8-12-7-3-4-10-15(12)13/h1,3-5,7-10,14,17H,6,11,16H2. The summed E-state index contributed by atoms with van der Waals surface area (Å²) in [6, 6.07) is 14.8. The van der Waals surface area contributed by atoms with Crippen LogP contribution >= 0.6 is 0 Å². The molecule has 2 nitrogen and oxygen atoms in total. The maximum absolute atomic E-state index is 5.51. The minimum absolute atomic E-state index is 0.130. The fourth-order valence-corrected chi connectivity index (χ4v) is 2.07. The number of hydrogen-bond acceptors (Lipinski definition) is 2. The van der Waals surface area contributed by atoms with Crippen LogP contribution in [0.25, 0.3) is 10.8 Å². The van der Waals surface area contributed by atoms with Crippen molar-refractivity contribution < 1.29 is 0 Å². The Morgan fingerprint density at radius 3 is 2.71 bits per heavy atom. The molecule has 1 atom stereocenters. The van der Waals surface area contributed by atoms with Gasteiger partial charge in [0, 0.05) is 12.5 Å². The van der Waals surface area contributed by atoms with Crippen molar-refractivity contribution in [3.05, 3.63) is 48.0 Å². The number of nitrogens with two attached hydrogens (primary N) is 1. The van der Waals surface area contributed by atoms with E-state index in [4.69, 9.17) is 12.3 Å². The zero-order chi connectivity index (χ0) is 12.1. The molecular weight excluding hydrogens is 208 g/mol. The van der Waals surface area contributed by atoms with Gasteiger partial charge in [-0.05, 0) is 22.8 Å². The normalized spacial score (nSPS) is 12.2. The number of rotatable bonds is 4. The highest BCUT2D eigenvalue weighted by Gasteiger charge is 2.08. The molecule has 2 aromatic rings. The number of fused-ring (bicyclic) bond motifs is 1. The van der Waals surface area contributed by atoms with Crippen LogP contribution in [0, 0.1) is 12.3 Å². The lowest BCUT2D eigenvalue weighted by molar-refractivity contribution is 0.538. The van der Waals surface area contributed by atoms with Crippen LogP contribution in [0.1, 0.15) is 12.0 Å². The van der Waals surface area contributed by atoms with Crippen LogP contribution in [0.4, 0.5) is 0 Å². The van der Waals surface area contributed by atoms with E-state index < -0.39 is 0 Å². The molecule has 0 amide bonds. The van der Waals surface area contributed by atoms with Gasteiger partial charge in [0.15, 0.2) is 0 Å². The van der Waals surface area contributed by atoms with Crippen LogP contribution < -0.4 is 11.3 Å². The van der Waals surface area contributed by atoms with E-state index in [1.807, 2.05) is 6.07 Å². The number of benzene rings is 2. The van der Waals surface area contributed by atoms with Crippen LogP contribution in [-0.2, 0) is 6.42 Å². The maximum atomic E-state index is 5.51. The highest BCUT2D eigenvalue weighted by molar-refractivity contribution is 5.85. The van der Waals surface area contributed by atoms with Crippen LogP contribution in [0.2, 0.25) is 0 Å². The van der Waals surface area contributed by atoms with Crippen molar-refractivity contribution in [1.29, 1.82) is 0 Å². The molecule has 0 aromatic heterocycles. The highest BCUT2D eigenvalue weighted by Crippen LogP contribution is 2.20. The van der Waals surface area contributed by atoms with Crippen molar-refractivity contribution in [3.63, 3.8) is 0 Å². The molecule has 3 N–H and O–H groups in total. The van der Waals surface area contributed by atoms with Gasteiger partial charge in [0.1, 0.15) is 0 Å². The van der Waals surface area contributed by atoms with Crippen LogP contribution in [0.15, 0.2) is 42.5 Å². The minimum Gasteiger partial charge on any atom is -0.271 e. The van der Waals surface area contributed by atoms with E-state index in [-0.39, 0.29) is 6.04 Å². The third kappa shape index (κ3) is 2.65. The minimum atomic E-state index is 0.130. The number of hydrogen-bond donors (Lipinski definition) is 2. The first-order chi connectivity index (χ1) is 8.35. The Kier molecular flexibility index (Phi) is 3.77. The second-order valence-corrected chi connectivity index (χ2v) is 4.11. The van der Waals surface area contributed by atoms with Crippen LogP contribution in [-0.4, -0.2) is 6.04 Å². The lowest BCUT2D eigenvalue weighted by atomic mass is 9.98. The van der Waals surface area contributed by atoms with Crippen molar-refractivity contribution >= 4 is 10.8 Å². The maximum Gasteiger partial charge on any atom is 0.0360 e. The molecule has 0 radical (unpaired) electrons. The molecule has 0 aliphatic heterocycles. The zero-order valence-corrected chi connectivity index (χ0v) is 9.69. The second kappa shape index (κ2) is 5.49. The summed E-state index contributed by atoms with van der Waals surface area (Å²) in [7, 11) is 0. The quantitative estimate of drug-likeness (QED) is 0.475. The predicted octanol–water partition coefficient (Wildman–Crippen LogP) is 2.24. The first-order valence-corrected chi connectivity index (χ1v) is 5.71. The molecule has 2 aromatic carbocycles. The average Bonchev–Trinajstić information content (AvgIpc) is 2.38. The summed E-state index contributed by atoms with van der Waals surface area (Å²) in [5, 5.41) is 2.52. The molecule has 86 valence electrons. The summed E-state index contributed by atoms with van der Waals surface area (Å²) in [5.74, 6) is 8.15. The molecule has 0 fully saturated rings. The average molecular weight is 224 g/mol. The molecule has 0 aliphatic carbocycles. The smallest absolute Gasteiger partial charge is 0.0360 e. The first kappa shape index (κ1) is 11.7. The fourth-order valence-electron chi connectivity index (χ4n) is 2.07. The highest BCUT2D eigenvalue weighted by atomic mass is 15.2. The lowest BCUT2D eigenvalue weighted by Crippen LogP contribution is -2.36. The third-order valence-corrected chi connectivity index (χ3v) is 2.95. The summed E-state index contributed by atoms with van der Waals surface area (Å²) in [5.41, 5.74) is 4.05. The van der Waals surface area contributed by atoms with Gasteiger partial charge in [0.25, 0.3) is 0 Å². The summed E-state index contributed by atoms with van der Waals surface area (Å²) in [4.78, 5) is 0. The van der Waals surface area contributed by atoms with Crippen molar-refractivity contribution in [3.8, 4) is 12.3 Å². The Bertz CT molecular complexity index is 535. The Morgan fingerprint density at radius 1 is 1.18 bits per heavy atom. The fraction of sp³-hybridized carbons (Fsp3) is 0.200. The Hall–Kier alpha value is -1.82. The van der Waals surface area contributed by atoms with E-state index in [9.17, 15) is 0 Å². The summed E-state index contributed by atoms with van der Waals surface area (Å²) < 4.78 is 0. The number of nitrogens with one attached hydrogen (secondary N) is 1. The van der Waals surface area contributed by atoms with E-state index in [0.717, 1.165) is 6.42 Å². The first-order valence-electron chi connectivity index (χ1n) is 5.71. The van der Waals surface area contributed by atoms with Gasteiger partial charge in [-0.15, -0.1) is 12.3 Å². The van der Waals surface area contributed by atoms with E-state index in [0.29, 0.717) is 6.42 Å². The Labute approximate surface area is 102 Å². The zero-order valence-electron chi connectivity index (χ0n) is 9.69. The van der Waals surface area contributed by atoms with Crippen molar-refractivity contribution in [2.45, 2.75) is 18.9 Å². The van der Waals surface area contributed by atoms with Crippen LogP contribution in [0.5, 0.6) is 0 Å². The van der Waals surface area contributed by atoms with Gasteiger partial charge in [-0.1, -0.05) is 42.5 Å². The number of terminal acetylenes is 1. The third-order valence-electron chi connectivity index (χ3n) is 2.95. The molecule has 0 bridgehead atoms. The van der Waals surface area contributed by atoms with Gasteiger partial charge < -0.3 is 0 Å². The molecule has 2 rings (SSSR count). The summed E-state index contributed by atoms with van der Waals surface area (Å²) in [6.45, 7) is 0. The molecule has 0 saturated heterocycles. The Balaban J connectivity index is 2.32. The van der Waals surface area contributed by atoms with Gasteiger partial charge in [0.05, 0.1) is 0 Å². The molecule has 0 heterocycles. The molecule has 0 saturated carbocycles. The molecule has 1 unspecified atom stereocenters. The molecular formula is C15H16N2. The molecule has 0 aliphatic rings. The van der Waals surface area contributed by atoms with E-state index in [1.54, 1.807) is 0 Å². The molecule has 2 heteroatoms. The molecule has 0 spiro atoms. The molecule has 17 heavy (non-hydrogen) atoms. The van der Waals surface area contributed by atoms with Gasteiger partial charge in [-0.3, -0.25) is 11.3 Å². The van der Waals surface area contributed by atoms with Crippen molar-refractivity contribution in [1.82, 2.24) is 5.43 Å². The van der Waals surface area contributed by atoms with Crippen LogP contribution in [0.3, 0.4) is 0 Å². The topological polar surface area (TPSA) is 38.0 Å². The Morgan fingerprint density at radius 2 is 1.94 bits per heavy atom. The summed E-state index contributed by atoms with van der Waals surface area (Å²) in [6.07, 6.45) is 6.81. The SMILES string of the molecule is C#CCC(Cc1cccc2ccccc12)NN. The summed E-state index contributed by atoms with van der Waals surface area (Å²) >= 11 is 0. The van der Waals surface area contributed by atoms with Gasteiger partial charge >= 0.3 is 0 Å².